The van der Waals surface area contributed by atoms with Gasteiger partial charge in [-0.1, -0.05) is 41.6 Å². The number of thioether (sulfide) groups is 1. The number of rotatable bonds is 6. The molecule has 3 rings (SSSR count). The number of carbonyl (C=O) groups excluding carboxylic acids is 1. The van der Waals surface area contributed by atoms with E-state index in [9.17, 15) is 4.79 Å². The molecule has 0 aliphatic heterocycles. The van der Waals surface area contributed by atoms with Crippen molar-refractivity contribution in [1.29, 1.82) is 0 Å². The lowest BCUT2D eigenvalue weighted by Gasteiger charge is -2.04. The summed E-state index contributed by atoms with van der Waals surface area (Å²) < 4.78 is 5.51. The standard InChI is InChI=1S/C15H12ClN3O2S2/c16-11-4-1-3-10(7-11)8-17-13(20)9-23-15-19-18-14(21-15)12-5-2-6-22-12/h1-7H,8-9H2,(H,17,20). The summed E-state index contributed by atoms with van der Waals surface area (Å²) in [5.74, 6) is 0.583. The van der Waals surface area contributed by atoms with E-state index < -0.39 is 0 Å². The Labute approximate surface area is 146 Å². The highest BCUT2D eigenvalue weighted by Gasteiger charge is 2.11. The summed E-state index contributed by atoms with van der Waals surface area (Å²) in [6, 6.07) is 11.2. The molecule has 2 heterocycles. The van der Waals surface area contributed by atoms with Gasteiger partial charge in [0.1, 0.15) is 0 Å². The summed E-state index contributed by atoms with van der Waals surface area (Å²) in [5.41, 5.74) is 0.952. The van der Waals surface area contributed by atoms with Crippen molar-refractivity contribution in [2.45, 2.75) is 11.8 Å². The van der Waals surface area contributed by atoms with Crippen molar-refractivity contribution < 1.29 is 9.21 Å². The van der Waals surface area contributed by atoms with Crippen molar-refractivity contribution in [3.63, 3.8) is 0 Å². The summed E-state index contributed by atoms with van der Waals surface area (Å²) >= 11 is 8.64. The molecule has 0 atom stereocenters. The van der Waals surface area contributed by atoms with E-state index in [1.54, 1.807) is 6.07 Å². The maximum atomic E-state index is 11.9. The number of hydrogen-bond acceptors (Lipinski definition) is 6. The summed E-state index contributed by atoms with van der Waals surface area (Å²) in [6.07, 6.45) is 0. The molecule has 0 bridgehead atoms. The first kappa shape index (κ1) is 16.0. The SMILES string of the molecule is O=C(CSc1nnc(-c2cccs2)o1)NCc1cccc(Cl)c1. The van der Waals surface area contributed by atoms with E-state index in [2.05, 4.69) is 15.5 Å². The van der Waals surface area contributed by atoms with Crippen molar-refractivity contribution in [3.05, 3.63) is 52.4 Å². The monoisotopic (exact) mass is 365 g/mol. The van der Waals surface area contributed by atoms with Crippen LogP contribution in [0.15, 0.2) is 51.4 Å². The average Bonchev–Trinajstić information content (AvgIpc) is 3.22. The van der Waals surface area contributed by atoms with Crippen molar-refractivity contribution in [2.24, 2.45) is 0 Å². The number of halogens is 1. The Hall–Kier alpha value is -1.83. The van der Waals surface area contributed by atoms with E-state index >= 15 is 0 Å². The fourth-order valence-electron chi connectivity index (χ4n) is 1.79. The third-order valence-electron chi connectivity index (χ3n) is 2.84. The van der Waals surface area contributed by atoms with Crippen LogP contribution in [0.25, 0.3) is 10.8 Å². The van der Waals surface area contributed by atoms with Crippen LogP contribution in [-0.2, 0) is 11.3 Å². The van der Waals surface area contributed by atoms with Gasteiger partial charge in [-0.2, -0.15) is 0 Å². The van der Waals surface area contributed by atoms with Crippen LogP contribution in [0.2, 0.25) is 5.02 Å². The highest BCUT2D eigenvalue weighted by Crippen LogP contribution is 2.26. The summed E-state index contributed by atoms with van der Waals surface area (Å²) in [5, 5.41) is 13.7. The van der Waals surface area contributed by atoms with Crippen LogP contribution in [-0.4, -0.2) is 21.9 Å². The fraction of sp³-hybridized carbons (Fsp3) is 0.133. The minimum Gasteiger partial charge on any atom is -0.410 e. The van der Waals surface area contributed by atoms with Gasteiger partial charge in [0.05, 0.1) is 10.6 Å². The number of nitrogens with one attached hydrogen (secondary N) is 1. The molecule has 0 fully saturated rings. The summed E-state index contributed by atoms with van der Waals surface area (Å²) in [6.45, 7) is 0.435. The predicted octanol–water partition coefficient (Wildman–Crippen LogP) is 3.86. The molecule has 1 aromatic carbocycles. The van der Waals surface area contributed by atoms with Crippen LogP contribution in [0.3, 0.4) is 0 Å². The Balaban J connectivity index is 1.47. The normalized spacial score (nSPS) is 10.7. The van der Waals surface area contributed by atoms with Gasteiger partial charge in [0, 0.05) is 11.6 Å². The van der Waals surface area contributed by atoms with E-state index in [1.807, 2.05) is 35.7 Å². The first-order valence-electron chi connectivity index (χ1n) is 6.72. The minimum absolute atomic E-state index is 0.106. The van der Waals surface area contributed by atoms with Crippen LogP contribution >= 0.6 is 34.7 Å². The van der Waals surface area contributed by atoms with Crippen molar-refractivity contribution in [2.75, 3.05) is 5.75 Å². The first-order valence-corrected chi connectivity index (χ1v) is 8.96. The van der Waals surface area contributed by atoms with Crippen LogP contribution in [0, 0.1) is 0 Å². The molecule has 1 amide bonds. The Kier molecular flexibility index (Phi) is 5.32. The zero-order valence-corrected chi connectivity index (χ0v) is 14.2. The number of thiophene rings is 1. The second-order valence-corrected chi connectivity index (χ2v) is 6.86. The summed E-state index contributed by atoms with van der Waals surface area (Å²) in [7, 11) is 0. The molecule has 0 radical (unpaired) electrons. The molecule has 0 saturated heterocycles. The predicted molar refractivity (Wildman–Crippen MR) is 91.6 cm³/mol. The molecule has 0 saturated carbocycles. The molecule has 0 aliphatic rings. The molecule has 2 aromatic heterocycles. The number of nitrogens with zero attached hydrogens (tertiary/aromatic N) is 2. The van der Waals surface area contributed by atoms with Crippen LogP contribution in [0.1, 0.15) is 5.56 Å². The van der Waals surface area contributed by atoms with Gasteiger partial charge in [0.25, 0.3) is 11.1 Å². The Morgan fingerprint density at radius 3 is 3.00 bits per heavy atom. The highest BCUT2D eigenvalue weighted by molar-refractivity contribution is 7.99. The minimum atomic E-state index is -0.106. The van der Waals surface area contributed by atoms with Gasteiger partial charge in [-0.25, -0.2) is 0 Å². The average molecular weight is 366 g/mol. The van der Waals surface area contributed by atoms with E-state index in [1.165, 1.54) is 23.1 Å². The molecular weight excluding hydrogens is 354 g/mol. The van der Waals surface area contributed by atoms with E-state index in [0.29, 0.717) is 22.7 Å². The second-order valence-electron chi connectivity index (χ2n) is 4.55. The van der Waals surface area contributed by atoms with Gasteiger partial charge in [-0.15, -0.1) is 21.5 Å². The third-order valence-corrected chi connectivity index (χ3v) is 4.76. The third kappa shape index (κ3) is 4.57. The number of aromatic nitrogens is 2. The Morgan fingerprint density at radius 2 is 2.22 bits per heavy atom. The fourth-order valence-corrected chi connectivity index (χ4v) is 3.24. The molecule has 23 heavy (non-hydrogen) atoms. The van der Waals surface area contributed by atoms with E-state index in [-0.39, 0.29) is 11.7 Å². The maximum Gasteiger partial charge on any atom is 0.277 e. The molecule has 5 nitrogen and oxygen atoms in total. The number of hydrogen-bond donors (Lipinski definition) is 1. The summed E-state index contributed by atoms with van der Waals surface area (Å²) in [4.78, 5) is 12.8. The lowest BCUT2D eigenvalue weighted by atomic mass is 10.2. The molecule has 3 aromatic rings. The van der Waals surface area contributed by atoms with Crippen molar-refractivity contribution in [1.82, 2.24) is 15.5 Å². The maximum absolute atomic E-state index is 11.9. The second kappa shape index (κ2) is 7.63. The van der Waals surface area contributed by atoms with Gasteiger partial charge in [0.15, 0.2) is 0 Å². The molecular formula is C15H12ClN3O2S2. The van der Waals surface area contributed by atoms with Gasteiger partial charge in [0.2, 0.25) is 5.91 Å². The molecule has 118 valence electrons. The van der Waals surface area contributed by atoms with Gasteiger partial charge < -0.3 is 9.73 Å². The van der Waals surface area contributed by atoms with Gasteiger partial charge >= 0.3 is 0 Å². The lowest BCUT2D eigenvalue weighted by molar-refractivity contribution is -0.118. The van der Waals surface area contributed by atoms with E-state index in [4.69, 9.17) is 16.0 Å². The number of amides is 1. The Morgan fingerprint density at radius 1 is 1.30 bits per heavy atom. The quantitative estimate of drug-likeness (QED) is 0.672. The topological polar surface area (TPSA) is 68.0 Å². The zero-order chi connectivity index (χ0) is 16.1. The lowest BCUT2D eigenvalue weighted by Crippen LogP contribution is -2.24. The van der Waals surface area contributed by atoms with Gasteiger partial charge in [-0.3, -0.25) is 4.79 Å². The molecule has 1 N–H and O–H groups in total. The van der Waals surface area contributed by atoms with Crippen LogP contribution in [0.4, 0.5) is 0 Å². The van der Waals surface area contributed by atoms with Crippen molar-refractivity contribution in [3.8, 4) is 10.8 Å². The van der Waals surface area contributed by atoms with Crippen molar-refractivity contribution >= 4 is 40.6 Å². The largest absolute Gasteiger partial charge is 0.410 e. The number of benzene rings is 1. The smallest absolute Gasteiger partial charge is 0.277 e. The van der Waals surface area contributed by atoms with Crippen LogP contribution < -0.4 is 5.32 Å². The zero-order valence-electron chi connectivity index (χ0n) is 11.9. The van der Waals surface area contributed by atoms with Gasteiger partial charge in [-0.05, 0) is 29.1 Å². The first-order chi connectivity index (χ1) is 11.2. The van der Waals surface area contributed by atoms with E-state index in [0.717, 1.165) is 10.4 Å². The molecule has 0 aliphatic carbocycles. The molecule has 0 unspecified atom stereocenters. The molecule has 8 heteroatoms. The Bertz CT molecular complexity index is 790. The van der Waals surface area contributed by atoms with Crippen LogP contribution in [0.5, 0.6) is 0 Å². The molecule has 0 spiro atoms. The number of carbonyl (C=O) groups is 1. The highest BCUT2D eigenvalue weighted by atomic mass is 35.5.